The number of hydrogen-bond donors (Lipinski definition) is 3. The van der Waals surface area contributed by atoms with Crippen molar-refractivity contribution in [1.29, 1.82) is 0 Å². The van der Waals surface area contributed by atoms with Gasteiger partial charge in [0.05, 0.1) is 12.1 Å². The van der Waals surface area contributed by atoms with Gasteiger partial charge in [0.1, 0.15) is 12.1 Å². The van der Waals surface area contributed by atoms with Crippen LogP contribution in [-0.4, -0.2) is 30.8 Å². The van der Waals surface area contributed by atoms with Crippen molar-refractivity contribution in [3.8, 4) is 22.9 Å². The normalized spacial score (nSPS) is 11.2. The Hall–Kier alpha value is -3.54. The van der Waals surface area contributed by atoms with Gasteiger partial charge in [-0.3, -0.25) is 4.57 Å². The second-order valence-electron chi connectivity index (χ2n) is 7.09. The van der Waals surface area contributed by atoms with Crippen LogP contribution in [0, 0.1) is 0 Å². The van der Waals surface area contributed by atoms with Crippen LogP contribution >= 0.6 is 0 Å². The Balaban J connectivity index is 1.72. The smallest absolute Gasteiger partial charge is 0.194 e. The van der Waals surface area contributed by atoms with Crippen LogP contribution in [0.1, 0.15) is 19.4 Å². The number of aromatic nitrogens is 3. The second kappa shape index (κ2) is 7.23. The molecule has 4 aromatic rings. The first kappa shape index (κ1) is 17.9. The number of benzene rings is 2. The lowest BCUT2D eigenvalue weighted by Crippen LogP contribution is -2.11. The molecule has 142 valence electrons. The molecule has 0 unspecified atom stereocenters. The summed E-state index contributed by atoms with van der Waals surface area (Å²) >= 11 is 0. The van der Waals surface area contributed by atoms with Gasteiger partial charge in [-0.05, 0) is 48.7 Å². The Bertz CT molecular complexity index is 1120. The second-order valence-corrected chi connectivity index (χ2v) is 7.09. The molecule has 0 aliphatic rings. The Kier molecular flexibility index (Phi) is 4.61. The molecule has 0 spiro atoms. The maximum absolute atomic E-state index is 9.88. The van der Waals surface area contributed by atoms with Gasteiger partial charge in [-0.1, -0.05) is 24.3 Å². The lowest BCUT2D eigenvalue weighted by Gasteiger charge is -2.13. The monoisotopic (exact) mass is 374 g/mol. The van der Waals surface area contributed by atoms with Crippen molar-refractivity contribution >= 4 is 16.7 Å². The molecule has 0 aliphatic carbocycles. The van der Waals surface area contributed by atoms with Crippen LogP contribution in [0.25, 0.3) is 22.0 Å². The zero-order valence-electron chi connectivity index (χ0n) is 15.8. The van der Waals surface area contributed by atoms with Crippen molar-refractivity contribution in [1.82, 2.24) is 14.5 Å². The fourth-order valence-corrected chi connectivity index (χ4v) is 3.26. The molecule has 28 heavy (non-hydrogen) atoms. The van der Waals surface area contributed by atoms with E-state index in [-0.39, 0.29) is 17.8 Å². The number of nitrogens with one attached hydrogen (secondary N) is 1. The highest BCUT2D eigenvalue weighted by atomic mass is 16.3. The highest BCUT2D eigenvalue weighted by molar-refractivity contribution is 5.92. The zero-order chi connectivity index (χ0) is 19.7. The standard InChI is InChI=1S/C22H22N4O2/c1-14(2)25-22-18-11-17(6-7-19(18)23-13-24-22)16-5-3-4-15(10-16)12-26-20(27)8-9-21(26)28/h3-11,13-14,27-28H,12H2,1-2H3,(H,23,24,25). The maximum Gasteiger partial charge on any atom is 0.194 e. The molecule has 0 bridgehead atoms. The predicted molar refractivity (Wildman–Crippen MR) is 111 cm³/mol. The van der Waals surface area contributed by atoms with Crippen LogP contribution in [0.3, 0.4) is 0 Å². The van der Waals surface area contributed by atoms with Crippen LogP contribution in [0.2, 0.25) is 0 Å². The van der Waals surface area contributed by atoms with Crippen molar-refractivity contribution in [3.63, 3.8) is 0 Å². The molecular formula is C22H22N4O2. The molecule has 2 heterocycles. The van der Waals surface area contributed by atoms with Crippen molar-refractivity contribution in [3.05, 3.63) is 66.5 Å². The summed E-state index contributed by atoms with van der Waals surface area (Å²) in [5, 5.41) is 24.1. The Morgan fingerprint density at radius 1 is 0.929 bits per heavy atom. The summed E-state index contributed by atoms with van der Waals surface area (Å²) in [7, 11) is 0. The number of rotatable bonds is 5. The topological polar surface area (TPSA) is 83.2 Å². The summed E-state index contributed by atoms with van der Waals surface area (Å²) in [6.45, 7) is 4.54. The van der Waals surface area contributed by atoms with Gasteiger partial charge in [0.2, 0.25) is 0 Å². The van der Waals surface area contributed by atoms with Crippen LogP contribution in [-0.2, 0) is 6.54 Å². The third-order valence-corrected chi connectivity index (χ3v) is 4.60. The first-order valence-electron chi connectivity index (χ1n) is 9.19. The molecule has 0 fully saturated rings. The fourth-order valence-electron chi connectivity index (χ4n) is 3.26. The van der Waals surface area contributed by atoms with Gasteiger partial charge in [-0.2, -0.15) is 0 Å². The van der Waals surface area contributed by atoms with Gasteiger partial charge < -0.3 is 15.5 Å². The predicted octanol–water partition coefficient (Wildman–Crippen LogP) is 4.38. The quantitative estimate of drug-likeness (QED) is 0.483. The van der Waals surface area contributed by atoms with E-state index in [1.165, 1.54) is 16.7 Å². The summed E-state index contributed by atoms with van der Waals surface area (Å²) in [5.41, 5.74) is 3.96. The molecule has 4 rings (SSSR count). The Labute approximate surface area is 163 Å². The van der Waals surface area contributed by atoms with Gasteiger partial charge in [-0.25, -0.2) is 9.97 Å². The van der Waals surface area contributed by atoms with Crippen LogP contribution in [0.4, 0.5) is 5.82 Å². The summed E-state index contributed by atoms with van der Waals surface area (Å²) in [4.78, 5) is 8.75. The number of hydrogen-bond acceptors (Lipinski definition) is 5. The van der Waals surface area contributed by atoms with Crippen molar-refractivity contribution in [2.45, 2.75) is 26.4 Å². The van der Waals surface area contributed by atoms with E-state index in [0.29, 0.717) is 6.54 Å². The SMILES string of the molecule is CC(C)Nc1ncnc2ccc(-c3cccc(Cn4c(O)ccc4O)c3)cc12. The molecule has 6 heteroatoms. The van der Waals surface area contributed by atoms with Gasteiger partial charge in [0.25, 0.3) is 0 Å². The lowest BCUT2D eigenvalue weighted by molar-refractivity contribution is 0.377. The number of fused-ring (bicyclic) bond motifs is 1. The molecule has 0 saturated carbocycles. The summed E-state index contributed by atoms with van der Waals surface area (Å²) in [5.74, 6) is 0.894. The summed E-state index contributed by atoms with van der Waals surface area (Å²) in [6, 6.07) is 17.4. The molecule has 2 aromatic carbocycles. The van der Waals surface area contributed by atoms with Gasteiger partial charge >= 0.3 is 0 Å². The Morgan fingerprint density at radius 2 is 1.68 bits per heavy atom. The minimum Gasteiger partial charge on any atom is -0.494 e. The highest BCUT2D eigenvalue weighted by Crippen LogP contribution is 2.29. The van der Waals surface area contributed by atoms with E-state index in [1.54, 1.807) is 6.33 Å². The fraction of sp³-hybridized carbons (Fsp3) is 0.182. The molecule has 0 atom stereocenters. The van der Waals surface area contributed by atoms with E-state index < -0.39 is 0 Å². The summed E-state index contributed by atoms with van der Waals surface area (Å²) < 4.78 is 1.46. The third kappa shape index (κ3) is 3.49. The molecule has 0 aliphatic heterocycles. The van der Waals surface area contributed by atoms with E-state index in [0.717, 1.165) is 33.4 Å². The number of nitrogens with zero attached hydrogens (tertiary/aromatic N) is 3. The minimum absolute atomic E-state index is 0.0372. The largest absolute Gasteiger partial charge is 0.494 e. The molecule has 3 N–H and O–H groups in total. The average Bonchev–Trinajstić information content (AvgIpc) is 3.00. The molecule has 0 amide bonds. The summed E-state index contributed by atoms with van der Waals surface area (Å²) in [6.07, 6.45) is 1.57. The van der Waals surface area contributed by atoms with E-state index in [4.69, 9.17) is 0 Å². The van der Waals surface area contributed by atoms with E-state index in [2.05, 4.69) is 41.3 Å². The first-order chi connectivity index (χ1) is 13.5. The molecular weight excluding hydrogens is 352 g/mol. The van der Waals surface area contributed by atoms with E-state index in [9.17, 15) is 10.2 Å². The van der Waals surface area contributed by atoms with E-state index in [1.807, 2.05) is 30.3 Å². The van der Waals surface area contributed by atoms with Gasteiger partial charge in [0.15, 0.2) is 11.8 Å². The Morgan fingerprint density at radius 3 is 2.43 bits per heavy atom. The van der Waals surface area contributed by atoms with Gasteiger partial charge in [-0.15, -0.1) is 0 Å². The molecule has 6 nitrogen and oxygen atoms in total. The number of aromatic hydroxyl groups is 2. The lowest BCUT2D eigenvalue weighted by atomic mass is 10.0. The molecule has 2 aromatic heterocycles. The highest BCUT2D eigenvalue weighted by Gasteiger charge is 2.09. The zero-order valence-corrected chi connectivity index (χ0v) is 15.8. The minimum atomic E-state index is 0.0372. The van der Waals surface area contributed by atoms with Crippen molar-refractivity contribution in [2.75, 3.05) is 5.32 Å². The maximum atomic E-state index is 9.88. The third-order valence-electron chi connectivity index (χ3n) is 4.60. The van der Waals surface area contributed by atoms with Crippen molar-refractivity contribution in [2.24, 2.45) is 0 Å². The van der Waals surface area contributed by atoms with Crippen LogP contribution < -0.4 is 5.32 Å². The van der Waals surface area contributed by atoms with Gasteiger partial charge in [0, 0.05) is 23.6 Å². The first-order valence-corrected chi connectivity index (χ1v) is 9.19. The molecule has 0 radical (unpaired) electrons. The van der Waals surface area contributed by atoms with Crippen molar-refractivity contribution < 1.29 is 10.2 Å². The molecule has 0 saturated heterocycles. The van der Waals surface area contributed by atoms with E-state index >= 15 is 0 Å². The average molecular weight is 374 g/mol. The van der Waals surface area contributed by atoms with Crippen LogP contribution in [0.15, 0.2) is 60.9 Å². The van der Waals surface area contributed by atoms with Crippen LogP contribution in [0.5, 0.6) is 11.8 Å². The number of anilines is 1.